The lowest BCUT2D eigenvalue weighted by atomic mass is 10.1. The van der Waals surface area contributed by atoms with E-state index in [1.54, 1.807) is 17.5 Å². The number of hydrogen-bond acceptors (Lipinski definition) is 6. The van der Waals surface area contributed by atoms with Gasteiger partial charge in [-0.05, 0) is 30.0 Å². The number of allylic oxidation sites excluding steroid dienone is 1. The van der Waals surface area contributed by atoms with E-state index in [9.17, 15) is 4.79 Å². The highest BCUT2D eigenvalue weighted by Crippen LogP contribution is 2.41. The fourth-order valence-electron chi connectivity index (χ4n) is 1.84. The Balaban J connectivity index is 1.95. The van der Waals surface area contributed by atoms with E-state index in [1.807, 2.05) is 29.8 Å². The first-order valence-corrected chi connectivity index (χ1v) is 8.20. The molecule has 6 heteroatoms. The summed E-state index contributed by atoms with van der Waals surface area (Å²) in [4.78, 5) is 18.3. The van der Waals surface area contributed by atoms with Crippen molar-refractivity contribution in [2.45, 2.75) is 12.8 Å². The number of thioether (sulfide) groups is 1. The van der Waals surface area contributed by atoms with Crippen LogP contribution in [0.25, 0.3) is 6.08 Å². The molecule has 0 bridgehead atoms. The van der Waals surface area contributed by atoms with Crippen LogP contribution in [0.4, 0.5) is 0 Å². The molecule has 1 aliphatic heterocycles. The first-order chi connectivity index (χ1) is 9.16. The first-order valence-electron chi connectivity index (χ1n) is 5.62. The van der Waals surface area contributed by atoms with E-state index in [-0.39, 0.29) is 5.78 Å². The highest BCUT2D eigenvalue weighted by atomic mass is 32.2. The van der Waals surface area contributed by atoms with Gasteiger partial charge in [-0.15, -0.1) is 22.7 Å². The van der Waals surface area contributed by atoms with Crippen molar-refractivity contribution < 1.29 is 4.79 Å². The molecule has 2 aromatic rings. The second-order valence-electron chi connectivity index (χ2n) is 4.11. The van der Waals surface area contributed by atoms with Crippen molar-refractivity contribution >= 4 is 51.3 Å². The predicted octanol–water partition coefficient (Wildman–Crippen LogP) is 3.93. The summed E-state index contributed by atoms with van der Waals surface area (Å²) in [6.07, 6.45) is 3.57. The summed E-state index contributed by atoms with van der Waals surface area (Å²) in [5.41, 5.74) is 1.16. The predicted molar refractivity (Wildman–Crippen MR) is 82.2 cm³/mol. The van der Waals surface area contributed by atoms with E-state index in [0.717, 1.165) is 10.4 Å². The minimum atomic E-state index is -0.489. The number of nitrogens with zero attached hydrogens (tertiary/aromatic N) is 1. The standard InChI is InChI=1S/C13H10N2OS3/c1-7-2-4-17-8(7)6-9-11(16)10(12(14)19-9)13-15-3-5-18-13/h2-6,10,14H,1H3. The van der Waals surface area contributed by atoms with Gasteiger partial charge in [0, 0.05) is 16.5 Å². The minimum Gasteiger partial charge on any atom is -0.297 e. The third kappa shape index (κ3) is 2.31. The second kappa shape index (κ2) is 5.03. The van der Waals surface area contributed by atoms with Crippen LogP contribution in [0.2, 0.25) is 0 Å². The number of carbonyl (C=O) groups excluding carboxylic acids is 1. The molecule has 3 rings (SSSR count). The fraction of sp³-hybridized carbons (Fsp3) is 0.154. The zero-order valence-corrected chi connectivity index (χ0v) is 12.5. The molecule has 2 aromatic heterocycles. The van der Waals surface area contributed by atoms with Crippen LogP contribution in [0.3, 0.4) is 0 Å². The van der Waals surface area contributed by atoms with E-state index in [0.29, 0.717) is 15.0 Å². The van der Waals surface area contributed by atoms with Gasteiger partial charge in [0.15, 0.2) is 5.78 Å². The van der Waals surface area contributed by atoms with Gasteiger partial charge in [-0.1, -0.05) is 11.8 Å². The average molecular weight is 306 g/mol. The Kier molecular flexibility index (Phi) is 3.38. The molecule has 0 amide bonds. The Labute approximate surface area is 122 Å². The van der Waals surface area contributed by atoms with Gasteiger partial charge < -0.3 is 0 Å². The van der Waals surface area contributed by atoms with Crippen LogP contribution in [0.5, 0.6) is 0 Å². The molecule has 1 unspecified atom stereocenters. The molecule has 3 nitrogen and oxygen atoms in total. The van der Waals surface area contributed by atoms with Crippen LogP contribution < -0.4 is 0 Å². The van der Waals surface area contributed by atoms with Crippen LogP contribution in [-0.2, 0) is 4.79 Å². The quantitative estimate of drug-likeness (QED) is 0.855. The number of hydrogen-bond donors (Lipinski definition) is 1. The molecule has 1 saturated heterocycles. The van der Waals surface area contributed by atoms with Gasteiger partial charge in [0.25, 0.3) is 0 Å². The Bertz CT molecular complexity index is 670. The normalized spacial score (nSPS) is 21.5. The van der Waals surface area contributed by atoms with Crippen molar-refractivity contribution in [3.8, 4) is 0 Å². The lowest BCUT2D eigenvalue weighted by molar-refractivity contribution is -0.114. The van der Waals surface area contributed by atoms with Gasteiger partial charge >= 0.3 is 0 Å². The van der Waals surface area contributed by atoms with Crippen molar-refractivity contribution in [3.63, 3.8) is 0 Å². The molecule has 1 N–H and O–H groups in total. The summed E-state index contributed by atoms with van der Waals surface area (Å²) >= 11 is 4.30. The van der Waals surface area contributed by atoms with Gasteiger partial charge in [0.05, 0.1) is 9.95 Å². The monoisotopic (exact) mass is 306 g/mol. The van der Waals surface area contributed by atoms with Gasteiger partial charge in [-0.25, -0.2) is 4.98 Å². The third-order valence-corrected chi connectivity index (χ3v) is 5.65. The minimum absolute atomic E-state index is 0.00208. The van der Waals surface area contributed by atoms with Crippen LogP contribution >= 0.6 is 34.4 Å². The van der Waals surface area contributed by atoms with E-state index in [1.165, 1.54) is 23.1 Å². The second-order valence-corrected chi connectivity index (χ2v) is 7.07. The summed E-state index contributed by atoms with van der Waals surface area (Å²) in [7, 11) is 0. The zero-order valence-electron chi connectivity index (χ0n) is 10.0. The van der Waals surface area contributed by atoms with Crippen molar-refractivity contribution in [3.05, 3.63) is 43.4 Å². The summed E-state index contributed by atoms with van der Waals surface area (Å²) in [5, 5.41) is 12.9. The molecule has 3 heterocycles. The highest BCUT2D eigenvalue weighted by Gasteiger charge is 2.38. The van der Waals surface area contributed by atoms with E-state index >= 15 is 0 Å². The zero-order chi connectivity index (χ0) is 13.4. The van der Waals surface area contributed by atoms with Crippen molar-refractivity contribution in [1.82, 2.24) is 4.98 Å². The third-order valence-electron chi connectivity index (χ3n) is 2.85. The maximum absolute atomic E-state index is 12.4. The number of aryl methyl sites for hydroxylation is 1. The molecule has 19 heavy (non-hydrogen) atoms. The average Bonchev–Trinajstić information content (AvgIpc) is 3.05. The number of thiazole rings is 1. The lowest BCUT2D eigenvalue weighted by Gasteiger charge is -2.01. The highest BCUT2D eigenvalue weighted by molar-refractivity contribution is 8.19. The van der Waals surface area contributed by atoms with Crippen molar-refractivity contribution in [1.29, 1.82) is 5.41 Å². The summed E-state index contributed by atoms with van der Waals surface area (Å²) in [6.45, 7) is 2.02. The van der Waals surface area contributed by atoms with Crippen LogP contribution in [0.1, 0.15) is 21.4 Å². The van der Waals surface area contributed by atoms with Crippen molar-refractivity contribution in [2.24, 2.45) is 0 Å². The van der Waals surface area contributed by atoms with Crippen LogP contribution in [0, 0.1) is 12.3 Å². The Morgan fingerprint density at radius 2 is 2.21 bits per heavy atom. The Morgan fingerprint density at radius 1 is 1.37 bits per heavy atom. The lowest BCUT2D eigenvalue weighted by Crippen LogP contribution is -2.11. The Morgan fingerprint density at radius 3 is 2.84 bits per heavy atom. The van der Waals surface area contributed by atoms with Crippen LogP contribution in [-0.4, -0.2) is 15.8 Å². The van der Waals surface area contributed by atoms with Crippen molar-refractivity contribution in [2.75, 3.05) is 0 Å². The van der Waals surface area contributed by atoms with E-state index < -0.39 is 5.92 Å². The summed E-state index contributed by atoms with van der Waals surface area (Å²) in [5.74, 6) is -0.491. The number of aromatic nitrogens is 1. The van der Waals surface area contributed by atoms with Gasteiger partial charge in [-0.2, -0.15) is 0 Å². The molecule has 0 saturated carbocycles. The Hall–Kier alpha value is -1.24. The van der Waals surface area contributed by atoms with E-state index in [4.69, 9.17) is 5.41 Å². The SMILES string of the molecule is Cc1ccsc1C=C1SC(=N)C(c2nccs2)C1=O. The number of carbonyl (C=O) groups is 1. The number of thiophene rings is 1. The molecule has 1 aliphatic rings. The number of rotatable bonds is 2. The molecule has 0 radical (unpaired) electrons. The molecular weight excluding hydrogens is 296 g/mol. The topological polar surface area (TPSA) is 53.8 Å². The molecule has 0 spiro atoms. The maximum atomic E-state index is 12.4. The van der Waals surface area contributed by atoms with Gasteiger partial charge in [0.1, 0.15) is 10.9 Å². The summed E-state index contributed by atoms with van der Waals surface area (Å²) in [6, 6.07) is 2.03. The molecule has 1 fully saturated rings. The maximum Gasteiger partial charge on any atom is 0.186 e. The van der Waals surface area contributed by atoms with Gasteiger partial charge in [0.2, 0.25) is 0 Å². The molecular formula is C13H10N2OS3. The first kappa shape index (κ1) is 12.8. The largest absolute Gasteiger partial charge is 0.297 e. The number of Topliss-reactive ketones (excluding diaryl/α,β-unsaturated/α-hetero) is 1. The fourth-order valence-corrected chi connectivity index (χ4v) is 4.56. The molecule has 1 atom stereocenters. The van der Waals surface area contributed by atoms with E-state index in [2.05, 4.69) is 4.98 Å². The number of nitrogens with one attached hydrogen (secondary N) is 1. The molecule has 0 aliphatic carbocycles. The number of ketones is 1. The molecule has 96 valence electrons. The smallest absolute Gasteiger partial charge is 0.186 e. The van der Waals surface area contributed by atoms with Gasteiger partial charge in [-0.3, -0.25) is 10.2 Å². The molecule has 0 aromatic carbocycles. The van der Waals surface area contributed by atoms with Crippen LogP contribution in [0.15, 0.2) is 27.9 Å². The summed E-state index contributed by atoms with van der Waals surface area (Å²) < 4.78 is 0.